The van der Waals surface area contributed by atoms with Gasteiger partial charge in [-0.05, 0) is 30.7 Å². The summed E-state index contributed by atoms with van der Waals surface area (Å²) in [6.45, 7) is 3.38. The Morgan fingerprint density at radius 1 is 1.59 bits per heavy atom. The van der Waals surface area contributed by atoms with Crippen molar-refractivity contribution in [2.45, 2.75) is 12.8 Å². The first-order valence-electron chi connectivity index (χ1n) is 5.88. The molecule has 1 aromatic carbocycles. The van der Waals surface area contributed by atoms with Crippen molar-refractivity contribution in [3.8, 4) is 5.75 Å². The van der Waals surface area contributed by atoms with Crippen LogP contribution in [0.15, 0.2) is 18.2 Å². The van der Waals surface area contributed by atoms with Crippen molar-refractivity contribution >= 4 is 11.5 Å². The number of ether oxygens (including phenoxy) is 1. The molecule has 0 aliphatic carbocycles. The highest BCUT2D eigenvalue weighted by Gasteiger charge is 2.31. The second-order valence-corrected chi connectivity index (χ2v) is 4.26. The first-order valence-corrected chi connectivity index (χ1v) is 5.88. The van der Waals surface area contributed by atoms with E-state index in [1.54, 1.807) is 0 Å². The van der Waals surface area contributed by atoms with Gasteiger partial charge in [-0.2, -0.15) is 0 Å². The number of anilines is 1. The monoisotopic (exact) mass is 234 g/mol. The number of nitrogens with zero attached hydrogens (tertiary/aromatic N) is 1. The van der Waals surface area contributed by atoms with E-state index >= 15 is 0 Å². The Morgan fingerprint density at radius 2 is 2.35 bits per heavy atom. The Bertz CT molecular complexity index is 431. The third-order valence-corrected chi connectivity index (χ3v) is 3.14. The van der Waals surface area contributed by atoms with Gasteiger partial charge < -0.3 is 15.4 Å². The van der Waals surface area contributed by atoms with Gasteiger partial charge in [-0.25, -0.2) is 0 Å². The predicted octanol–water partition coefficient (Wildman–Crippen LogP) is 1.15. The van der Waals surface area contributed by atoms with Gasteiger partial charge in [0, 0.05) is 19.3 Å². The van der Waals surface area contributed by atoms with E-state index in [0.29, 0.717) is 13.2 Å². The fourth-order valence-corrected chi connectivity index (χ4v) is 2.30. The van der Waals surface area contributed by atoms with Crippen LogP contribution in [0.5, 0.6) is 5.75 Å². The molecule has 1 aromatic rings. The van der Waals surface area contributed by atoms with Crippen LogP contribution in [0.2, 0.25) is 0 Å². The molecule has 92 valence electrons. The topological polar surface area (TPSA) is 55.6 Å². The maximum atomic E-state index is 11.8. The van der Waals surface area contributed by atoms with Crippen molar-refractivity contribution in [2.24, 2.45) is 5.73 Å². The standard InChI is InChI=1S/C13H18N2O2/c1-3-17-9-4-5-12-10(6-9)11(8-15(12)2)13(16)7-14/h4-6,11H,3,7-8,14H2,1-2H3. The van der Waals surface area contributed by atoms with Gasteiger partial charge in [0.25, 0.3) is 0 Å². The number of hydrogen-bond donors (Lipinski definition) is 1. The van der Waals surface area contributed by atoms with Crippen molar-refractivity contribution in [3.63, 3.8) is 0 Å². The molecule has 4 heteroatoms. The summed E-state index contributed by atoms with van der Waals surface area (Å²) in [5.74, 6) is 0.793. The molecule has 2 N–H and O–H groups in total. The lowest BCUT2D eigenvalue weighted by atomic mass is 9.96. The van der Waals surface area contributed by atoms with Gasteiger partial charge in [-0.15, -0.1) is 0 Å². The molecule has 0 bridgehead atoms. The summed E-state index contributed by atoms with van der Waals surface area (Å²) in [6.07, 6.45) is 0. The largest absolute Gasteiger partial charge is 0.494 e. The Labute approximate surface area is 101 Å². The lowest BCUT2D eigenvalue weighted by molar-refractivity contribution is -0.118. The number of ketones is 1. The van der Waals surface area contributed by atoms with E-state index in [0.717, 1.165) is 17.0 Å². The second kappa shape index (κ2) is 4.75. The number of rotatable bonds is 4. The summed E-state index contributed by atoms with van der Waals surface area (Å²) in [7, 11) is 1.99. The average molecular weight is 234 g/mol. The second-order valence-electron chi connectivity index (χ2n) is 4.26. The number of Topliss-reactive ketones (excluding diaryl/α,β-unsaturated/α-hetero) is 1. The van der Waals surface area contributed by atoms with E-state index in [1.165, 1.54) is 0 Å². The molecule has 4 nitrogen and oxygen atoms in total. The average Bonchev–Trinajstić information content (AvgIpc) is 2.66. The van der Waals surface area contributed by atoms with E-state index in [2.05, 4.69) is 4.90 Å². The summed E-state index contributed by atoms with van der Waals surface area (Å²) in [5.41, 5.74) is 7.59. The Kier molecular flexibility index (Phi) is 3.33. The van der Waals surface area contributed by atoms with Crippen LogP contribution in [-0.2, 0) is 4.79 Å². The molecule has 1 aliphatic rings. The number of carbonyl (C=O) groups excluding carboxylic acids is 1. The van der Waals surface area contributed by atoms with Crippen LogP contribution in [0.25, 0.3) is 0 Å². The van der Waals surface area contributed by atoms with Crippen LogP contribution >= 0.6 is 0 Å². The molecule has 0 radical (unpaired) electrons. The third kappa shape index (κ3) is 2.13. The molecular formula is C13H18N2O2. The number of fused-ring (bicyclic) bond motifs is 1. The van der Waals surface area contributed by atoms with Gasteiger partial charge in [0.2, 0.25) is 0 Å². The molecule has 0 saturated heterocycles. The number of carbonyl (C=O) groups is 1. The van der Waals surface area contributed by atoms with Crippen LogP contribution in [0, 0.1) is 0 Å². The van der Waals surface area contributed by atoms with Gasteiger partial charge in [-0.3, -0.25) is 4.79 Å². The summed E-state index contributed by atoms with van der Waals surface area (Å²) in [4.78, 5) is 13.9. The zero-order valence-electron chi connectivity index (χ0n) is 10.3. The fraction of sp³-hybridized carbons (Fsp3) is 0.462. The van der Waals surface area contributed by atoms with E-state index in [-0.39, 0.29) is 18.2 Å². The van der Waals surface area contributed by atoms with Crippen molar-refractivity contribution in [3.05, 3.63) is 23.8 Å². The Balaban J connectivity index is 2.36. The van der Waals surface area contributed by atoms with Crippen molar-refractivity contribution < 1.29 is 9.53 Å². The lowest BCUT2D eigenvalue weighted by Gasteiger charge is -2.12. The SMILES string of the molecule is CCOc1ccc2c(c1)C(C(=O)CN)CN2C. The van der Waals surface area contributed by atoms with Crippen molar-refractivity contribution in [2.75, 3.05) is 31.6 Å². The maximum Gasteiger partial charge on any atom is 0.155 e. The Hall–Kier alpha value is -1.55. The molecule has 1 atom stereocenters. The van der Waals surface area contributed by atoms with Crippen LogP contribution in [0.4, 0.5) is 5.69 Å². The lowest BCUT2D eigenvalue weighted by Crippen LogP contribution is -2.25. The molecule has 1 unspecified atom stereocenters. The first kappa shape index (κ1) is 11.9. The normalized spacial score (nSPS) is 18.1. The van der Waals surface area contributed by atoms with Crippen molar-refractivity contribution in [1.82, 2.24) is 0 Å². The minimum atomic E-state index is -0.111. The smallest absolute Gasteiger partial charge is 0.155 e. The van der Waals surface area contributed by atoms with Gasteiger partial charge >= 0.3 is 0 Å². The highest BCUT2D eigenvalue weighted by Crippen LogP contribution is 2.37. The number of hydrogen-bond acceptors (Lipinski definition) is 4. The highest BCUT2D eigenvalue weighted by atomic mass is 16.5. The molecule has 0 amide bonds. The molecule has 0 spiro atoms. The van der Waals surface area contributed by atoms with Crippen LogP contribution in [-0.4, -0.2) is 32.5 Å². The summed E-state index contributed by atoms with van der Waals surface area (Å²) in [6, 6.07) is 5.90. The van der Waals surface area contributed by atoms with Gasteiger partial charge in [0.05, 0.1) is 19.1 Å². The molecule has 2 rings (SSSR count). The predicted molar refractivity (Wildman–Crippen MR) is 67.7 cm³/mol. The molecule has 17 heavy (non-hydrogen) atoms. The maximum absolute atomic E-state index is 11.8. The van der Waals surface area contributed by atoms with Crippen LogP contribution < -0.4 is 15.4 Å². The molecule has 0 aromatic heterocycles. The minimum absolute atomic E-state index is 0.0873. The van der Waals surface area contributed by atoms with Gasteiger partial charge in [-0.1, -0.05) is 0 Å². The molecule has 0 fully saturated rings. The van der Waals surface area contributed by atoms with Crippen LogP contribution in [0.1, 0.15) is 18.4 Å². The van der Waals surface area contributed by atoms with E-state index in [4.69, 9.17) is 10.5 Å². The molecule has 0 saturated carbocycles. The van der Waals surface area contributed by atoms with Gasteiger partial charge in [0.1, 0.15) is 5.75 Å². The zero-order valence-corrected chi connectivity index (χ0v) is 10.3. The first-order chi connectivity index (χ1) is 8.17. The van der Waals surface area contributed by atoms with E-state index in [1.807, 2.05) is 32.2 Å². The quantitative estimate of drug-likeness (QED) is 0.849. The minimum Gasteiger partial charge on any atom is -0.494 e. The summed E-state index contributed by atoms with van der Waals surface area (Å²) < 4.78 is 5.47. The molecule has 1 heterocycles. The number of nitrogens with two attached hydrogens (primary N) is 1. The summed E-state index contributed by atoms with van der Waals surface area (Å²) >= 11 is 0. The molecule has 1 aliphatic heterocycles. The number of likely N-dealkylation sites (N-methyl/N-ethyl adjacent to an activating group) is 1. The summed E-state index contributed by atoms with van der Waals surface area (Å²) in [5, 5.41) is 0. The van der Waals surface area contributed by atoms with Crippen LogP contribution in [0.3, 0.4) is 0 Å². The zero-order chi connectivity index (χ0) is 12.4. The fourth-order valence-electron chi connectivity index (χ4n) is 2.30. The van der Waals surface area contributed by atoms with Gasteiger partial charge in [0.15, 0.2) is 5.78 Å². The Morgan fingerprint density at radius 3 is 3.00 bits per heavy atom. The van der Waals surface area contributed by atoms with E-state index < -0.39 is 0 Å². The molecular weight excluding hydrogens is 216 g/mol. The number of benzene rings is 1. The third-order valence-electron chi connectivity index (χ3n) is 3.14. The highest BCUT2D eigenvalue weighted by molar-refractivity contribution is 5.91. The van der Waals surface area contributed by atoms with E-state index in [9.17, 15) is 4.79 Å². The van der Waals surface area contributed by atoms with Crippen molar-refractivity contribution in [1.29, 1.82) is 0 Å².